The van der Waals surface area contributed by atoms with Crippen LogP contribution < -0.4 is 10.2 Å². The number of nitrogens with one attached hydrogen (secondary N) is 1. The van der Waals surface area contributed by atoms with Gasteiger partial charge in [0.2, 0.25) is 5.91 Å². The first-order valence-corrected chi connectivity index (χ1v) is 6.23. The average molecular weight is 261 g/mol. The van der Waals surface area contributed by atoms with Crippen LogP contribution in [0.1, 0.15) is 20.8 Å². The van der Waals surface area contributed by atoms with Gasteiger partial charge >= 0.3 is 0 Å². The molecule has 0 atom stereocenters. The molecule has 102 valence electrons. The number of rotatable bonds is 3. The Morgan fingerprint density at radius 2 is 2.05 bits per heavy atom. The summed E-state index contributed by atoms with van der Waals surface area (Å²) >= 11 is 0. The molecule has 1 aromatic carbocycles. The number of hydrogen-bond acceptors (Lipinski definition) is 4. The van der Waals surface area contributed by atoms with Crippen LogP contribution in [0.2, 0.25) is 0 Å². The predicted octanol–water partition coefficient (Wildman–Crippen LogP) is 2.18. The second-order valence-corrected chi connectivity index (χ2v) is 5.62. The maximum absolute atomic E-state index is 11.8. The van der Waals surface area contributed by atoms with Crippen LogP contribution in [-0.2, 0) is 4.79 Å². The molecule has 0 aliphatic heterocycles. The van der Waals surface area contributed by atoms with Gasteiger partial charge in [-0.05, 0) is 32.9 Å². The van der Waals surface area contributed by atoms with Gasteiger partial charge in [0.15, 0.2) is 5.58 Å². The third-order valence-corrected chi connectivity index (χ3v) is 2.50. The normalized spacial score (nSPS) is 11.6. The van der Waals surface area contributed by atoms with E-state index < -0.39 is 0 Å². The van der Waals surface area contributed by atoms with Crippen LogP contribution in [0.3, 0.4) is 0 Å². The van der Waals surface area contributed by atoms with Crippen molar-refractivity contribution >= 4 is 23.0 Å². The molecule has 1 aromatic heterocycles. The molecule has 0 unspecified atom stereocenters. The summed E-state index contributed by atoms with van der Waals surface area (Å²) in [6.07, 6.45) is 0. The lowest BCUT2D eigenvalue weighted by Gasteiger charge is -2.22. The predicted molar refractivity (Wildman–Crippen MR) is 75.2 cm³/mol. The molecule has 5 nitrogen and oxygen atoms in total. The Hall–Kier alpha value is -2.04. The van der Waals surface area contributed by atoms with Gasteiger partial charge in [-0.3, -0.25) is 4.79 Å². The summed E-state index contributed by atoms with van der Waals surface area (Å²) in [5.41, 5.74) is 1.28. The molecule has 0 aliphatic carbocycles. The van der Waals surface area contributed by atoms with E-state index in [9.17, 15) is 4.79 Å². The number of hydrogen-bond donors (Lipinski definition) is 1. The van der Waals surface area contributed by atoms with Crippen molar-refractivity contribution in [1.82, 2.24) is 10.3 Å². The summed E-state index contributed by atoms with van der Waals surface area (Å²) in [4.78, 5) is 17.9. The molecule has 1 heterocycles. The van der Waals surface area contributed by atoms with Gasteiger partial charge in [-0.25, -0.2) is 0 Å². The maximum Gasteiger partial charge on any atom is 0.298 e. The molecule has 1 amide bonds. The second-order valence-electron chi connectivity index (χ2n) is 5.62. The Morgan fingerprint density at radius 1 is 1.37 bits per heavy atom. The zero-order valence-corrected chi connectivity index (χ0v) is 11.7. The van der Waals surface area contributed by atoms with Gasteiger partial charge in [-0.15, -0.1) is 0 Å². The molecule has 0 aliphatic rings. The van der Waals surface area contributed by atoms with Crippen molar-refractivity contribution in [2.45, 2.75) is 26.3 Å². The minimum absolute atomic E-state index is 0.0581. The SMILES string of the molecule is CN(CC(=O)NC(C)(C)C)c1nc2ccccc2o1. The van der Waals surface area contributed by atoms with Crippen LogP contribution in [0.15, 0.2) is 28.7 Å². The summed E-state index contributed by atoms with van der Waals surface area (Å²) in [6.45, 7) is 6.06. The zero-order valence-electron chi connectivity index (χ0n) is 11.7. The van der Waals surface area contributed by atoms with Gasteiger partial charge in [0.25, 0.3) is 6.01 Å². The molecular weight excluding hydrogens is 242 g/mol. The van der Waals surface area contributed by atoms with Gasteiger partial charge in [-0.2, -0.15) is 4.98 Å². The third kappa shape index (κ3) is 3.47. The van der Waals surface area contributed by atoms with Gasteiger partial charge in [0.1, 0.15) is 12.1 Å². The Morgan fingerprint density at radius 3 is 2.68 bits per heavy atom. The maximum atomic E-state index is 11.8. The number of amides is 1. The van der Waals surface area contributed by atoms with Crippen LogP contribution in [0.4, 0.5) is 6.01 Å². The highest BCUT2D eigenvalue weighted by Gasteiger charge is 2.17. The number of nitrogens with zero attached hydrogens (tertiary/aromatic N) is 2. The van der Waals surface area contributed by atoms with Crippen molar-refractivity contribution in [3.8, 4) is 0 Å². The number of aromatic nitrogens is 1. The van der Waals surface area contributed by atoms with Crippen LogP contribution in [-0.4, -0.2) is 30.0 Å². The molecule has 0 bridgehead atoms. The molecule has 2 aromatic rings. The Balaban J connectivity index is 2.07. The quantitative estimate of drug-likeness (QED) is 0.920. The Bertz CT molecular complexity index is 551. The molecule has 0 saturated carbocycles. The van der Waals surface area contributed by atoms with Gasteiger partial charge in [0, 0.05) is 12.6 Å². The van der Waals surface area contributed by atoms with Crippen LogP contribution in [0, 0.1) is 0 Å². The molecule has 0 fully saturated rings. The smallest absolute Gasteiger partial charge is 0.298 e. The Kier molecular flexibility index (Phi) is 3.46. The van der Waals surface area contributed by atoms with Gasteiger partial charge in [-0.1, -0.05) is 12.1 Å². The van der Waals surface area contributed by atoms with E-state index in [4.69, 9.17) is 4.42 Å². The van der Waals surface area contributed by atoms with Crippen molar-refractivity contribution < 1.29 is 9.21 Å². The van der Waals surface area contributed by atoms with Crippen molar-refractivity contribution in [1.29, 1.82) is 0 Å². The van der Waals surface area contributed by atoms with E-state index in [1.807, 2.05) is 45.0 Å². The average Bonchev–Trinajstić information content (AvgIpc) is 2.69. The van der Waals surface area contributed by atoms with E-state index >= 15 is 0 Å². The number of fused-ring (bicyclic) bond motifs is 1. The number of para-hydroxylation sites is 2. The summed E-state index contributed by atoms with van der Waals surface area (Å²) in [5.74, 6) is -0.0581. The molecule has 0 radical (unpaired) electrons. The molecule has 0 saturated heterocycles. The first kappa shape index (κ1) is 13.4. The second kappa shape index (κ2) is 4.91. The lowest BCUT2D eigenvalue weighted by Crippen LogP contribution is -2.45. The van der Waals surface area contributed by atoms with E-state index in [2.05, 4.69) is 10.3 Å². The van der Waals surface area contributed by atoms with E-state index in [0.717, 1.165) is 11.1 Å². The number of anilines is 1. The standard InChI is InChI=1S/C14H19N3O2/c1-14(2,3)16-12(18)9-17(4)13-15-10-7-5-6-8-11(10)19-13/h5-8H,9H2,1-4H3,(H,16,18). The van der Waals surface area contributed by atoms with Crippen molar-refractivity contribution in [3.63, 3.8) is 0 Å². The topological polar surface area (TPSA) is 58.4 Å². The van der Waals surface area contributed by atoms with Crippen LogP contribution >= 0.6 is 0 Å². The Labute approximate surface area is 112 Å². The van der Waals surface area contributed by atoms with Gasteiger partial charge in [0.05, 0.1) is 0 Å². The molecule has 0 spiro atoms. The number of benzene rings is 1. The number of carbonyl (C=O) groups excluding carboxylic acids is 1. The van der Waals surface area contributed by atoms with E-state index in [0.29, 0.717) is 6.01 Å². The lowest BCUT2D eigenvalue weighted by molar-refractivity contribution is -0.121. The lowest BCUT2D eigenvalue weighted by atomic mass is 10.1. The van der Waals surface area contributed by atoms with E-state index in [1.165, 1.54) is 0 Å². The van der Waals surface area contributed by atoms with Crippen LogP contribution in [0.25, 0.3) is 11.1 Å². The third-order valence-electron chi connectivity index (χ3n) is 2.50. The highest BCUT2D eigenvalue weighted by atomic mass is 16.4. The minimum atomic E-state index is -0.237. The van der Waals surface area contributed by atoms with Crippen molar-refractivity contribution in [2.24, 2.45) is 0 Å². The highest BCUT2D eigenvalue weighted by Crippen LogP contribution is 2.20. The van der Waals surface area contributed by atoms with Crippen molar-refractivity contribution in [2.75, 3.05) is 18.5 Å². The summed E-state index contributed by atoms with van der Waals surface area (Å²) in [6, 6.07) is 7.98. The molecule has 1 N–H and O–H groups in total. The molecular formula is C14H19N3O2. The molecule has 19 heavy (non-hydrogen) atoms. The summed E-state index contributed by atoms with van der Waals surface area (Å²) in [5, 5.41) is 2.90. The fraction of sp³-hybridized carbons (Fsp3) is 0.429. The van der Waals surface area contributed by atoms with E-state index in [-0.39, 0.29) is 18.0 Å². The first-order chi connectivity index (χ1) is 8.85. The molecule has 2 rings (SSSR count). The fourth-order valence-corrected chi connectivity index (χ4v) is 1.76. The van der Waals surface area contributed by atoms with Gasteiger partial charge < -0.3 is 14.6 Å². The monoisotopic (exact) mass is 261 g/mol. The van der Waals surface area contributed by atoms with Crippen molar-refractivity contribution in [3.05, 3.63) is 24.3 Å². The number of carbonyl (C=O) groups is 1. The summed E-state index contributed by atoms with van der Waals surface area (Å²) in [7, 11) is 1.78. The highest BCUT2D eigenvalue weighted by molar-refractivity contribution is 5.82. The summed E-state index contributed by atoms with van der Waals surface area (Å²) < 4.78 is 5.60. The van der Waals surface area contributed by atoms with Crippen LogP contribution in [0.5, 0.6) is 0 Å². The zero-order chi connectivity index (χ0) is 14.0. The largest absolute Gasteiger partial charge is 0.423 e. The fourth-order valence-electron chi connectivity index (χ4n) is 1.76. The first-order valence-electron chi connectivity index (χ1n) is 6.23. The van der Waals surface area contributed by atoms with E-state index in [1.54, 1.807) is 11.9 Å². The number of oxazole rings is 1. The molecule has 5 heteroatoms. The minimum Gasteiger partial charge on any atom is -0.423 e. The number of likely N-dealkylation sites (N-methyl/N-ethyl adjacent to an activating group) is 1.